The van der Waals surface area contributed by atoms with Gasteiger partial charge in [-0.05, 0) is 29.6 Å². The maximum Gasteiger partial charge on any atom is 0.251 e. The van der Waals surface area contributed by atoms with Crippen molar-refractivity contribution in [1.29, 1.82) is 0 Å². The number of carbonyl (C=O) groups is 2. The quantitative estimate of drug-likeness (QED) is 0.910. The zero-order valence-electron chi connectivity index (χ0n) is 12.1. The van der Waals surface area contributed by atoms with Crippen LogP contribution in [-0.4, -0.2) is 26.0 Å². The average molecular weight is 350 g/mol. The molecule has 0 spiro atoms. The van der Waals surface area contributed by atoms with Crippen LogP contribution in [0.4, 0.5) is 5.69 Å². The molecule has 2 heterocycles. The van der Waals surface area contributed by atoms with Crippen molar-refractivity contribution in [3.05, 3.63) is 52.2 Å². The summed E-state index contributed by atoms with van der Waals surface area (Å²) in [6.45, 7) is 0.404. The second-order valence-corrected chi connectivity index (χ2v) is 8.01. The van der Waals surface area contributed by atoms with E-state index in [0.29, 0.717) is 12.1 Å². The number of nitrogens with one attached hydrogen (secondary N) is 1. The lowest BCUT2D eigenvalue weighted by atomic mass is 10.2. The lowest BCUT2D eigenvalue weighted by Gasteiger charge is -2.15. The predicted octanol–water partition coefficient (Wildman–Crippen LogP) is 1.74. The minimum atomic E-state index is -3.63. The number of benzene rings is 1. The number of sulfonamides is 1. The number of hydrogen-bond donors (Lipinski definition) is 1. The van der Waals surface area contributed by atoms with Crippen LogP contribution in [-0.2, 0) is 21.4 Å². The zero-order chi connectivity index (χ0) is 16.4. The summed E-state index contributed by atoms with van der Waals surface area (Å²) in [5.41, 5.74) is 0.519. The fraction of sp³-hybridized carbons (Fsp3) is 0.200. The van der Waals surface area contributed by atoms with Crippen LogP contribution in [0.25, 0.3) is 0 Å². The Labute approximate surface area is 137 Å². The topological polar surface area (TPSA) is 83.6 Å². The molecular weight excluding hydrogens is 336 g/mol. The van der Waals surface area contributed by atoms with Crippen LogP contribution in [0.15, 0.2) is 41.8 Å². The molecule has 120 valence electrons. The molecule has 0 saturated carbocycles. The lowest BCUT2D eigenvalue weighted by molar-refractivity contribution is -0.116. The first-order chi connectivity index (χ1) is 11.0. The summed E-state index contributed by atoms with van der Waals surface area (Å²) < 4.78 is 24.7. The molecule has 1 aromatic heterocycles. The highest BCUT2D eigenvalue weighted by molar-refractivity contribution is 7.94. The van der Waals surface area contributed by atoms with Gasteiger partial charge in [0.2, 0.25) is 15.9 Å². The molecular formula is C15H14N2O4S2. The normalized spacial score (nSPS) is 16.5. The van der Waals surface area contributed by atoms with Gasteiger partial charge in [-0.3, -0.25) is 9.59 Å². The first kappa shape index (κ1) is 15.7. The third-order valence-electron chi connectivity index (χ3n) is 3.42. The Morgan fingerprint density at radius 3 is 2.74 bits per heavy atom. The van der Waals surface area contributed by atoms with Crippen LogP contribution in [0.1, 0.15) is 21.7 Å². The van der Waals surface area contributed by atoms with E-state index in [1.807, 2.05) is 17.5 Å². The van der Waals surface area contributed by atoms with Gasteiger partial charge in [-0.1, -0.05) is 12.1 Å². The SMILES string of the molecule is O=C(NCc1cccs1)c1cccc(N2C(=O)CCS2(=O)=O)c1. The summed E-state index contributed by atoms with van der Waals surface area (Å²) in [7, 11) is -3.63. The maximum absolute atomic E-state index is 12.2. The summed E-state index contributed by atoms with van der Waals surface area (Å²) in [4.78, 5) is 25.0. The third-order valence-corrected chi connectivity index (χ3v) is 5.99. The molecule has 2 aromatic rings. The van der Waals surface area contributed by atoms with Gasteiger partial charge in [-0.15, -0.1) is 11.3 Å². The number of thiophene rings is 1. The molecule has 1 aromatic carbocycles. The molecule has 0 atom stereocenters. The highest BCUT2D eigenvalue weighted by atomic mass is 32.2. The number of anilines is 1. The average Bonchev–Trinajstić information content (AvgIpc) is 3.13. The molecule has 0 aliphatic carbocycles. The van der Waals surface area contributed by atoms with Gasteiger partial charge in [0, 0.05) is 16.9 Å². The Morgan fingerprint density at radius 1 is 1.26 bits per heavy atom. The van der Waals surface area contributed by atoms with Crippen molar-refractivity contribution in [3.63, 3.8) is 0 Å². The highest BCUT2D eigenvalue weighted by Crippen LogP contribution is 2.25. The van der Waals surface area contributed by atoms with E-state index in [1.165, 1.54) is 23.5 Å². The monoisotopic (exact) mass is 350 g/mol. The smallest absolute Gasteiger partial charge is 0.251 e. The van der Waals surface area contributed by atoms with Crippen LogP contribution >= 0.6 is 11.3 Å². The van der Waals surface area contributed by atoms with Crippen molar-refractivity contribution in [3.8, 4) is 0 Å². The number of carbonyl (C=O) groups excluding carboxylic acids is 2. The summed E-state index contributed by atoms with van der Waals surface area (Å²) in [5.74, 6) is -0.980. The molecule has 2 amide bonds. The summed E-state index contributed by atoms with van der Waals surface area (Å²) in [6, 6.07) is 9.89. The Bertz CT molecular complexity index is 844. The predicted molar refractivity (Wildman–Crippen MR) is 87.8 cm³/mol. The minimum absolute atomic E-state index is 0.0306. The van der Waals surface area contributed by atoms with Crippen LogP contribution in [0.3, 0.4) is 0 Å². The second kappa shape index (κ2) is 6.13. The Hall–Kier alpha value is -2.19. The molecule has 8 heteroatoms. The molecule has 23 heavy (non-hydrogen) atoms. The molecule has 1 aliphatic rings. The largest absolute Gasteiger partial charge is 0.347 e. The number of rotatable bonds is 4. The first-order valence-electron chi connectivity index (χ1n) is 6.94. The maximum atomic E-state index is 12.2. The van der Waals surface area contributed by atoms with Gasteiger partial charge in [-0.25, -0.2) is 12.7 Å². The molecule has 0 radical (unpaired) electrons. The number of hydrogen-bond acceptors (Lipinski definition) is 5. The fourth-order valence-electron chi connectivity index (χ4n) is 2.32. The van der Waals surface area contributed by atoms with Crippen LogP contribution < -0.4 is 9.62 Å². The van der Waals surface area contributed by atoms with Crippen LogP contribution in [0.5, 0.6) is 0 Å². The van der Waals surface area contributed by atoms with Crippen molar-refractivity contribution in [2.45, 2.75) is 13.0 Å². The van der Waals surface area contributed by atoms with Crippen LogP contribution in [0.2, 0.25) is 0 Å². The molecule has 0 bridgehead atoms. The molecule has 1 aliphatic heterocycles. The second-order valence-electron chi connectivity index (χ2n) is 5.04. The van der Waals surface area contributed by atoms with E-state index in [9.17, 15) is 18.0 Å². The third kappa shape index (κ3) is 3.27. The van der Waals surface area contributed by atoms with E-state index < -0.39 is 15.9 Å². The van der Waals surface area contributed by atoms with E-state index in [2.05, 4.69) is 5.32 Å². The Balaban J connectivity index is 1.79. The minimum Gasteiger partial charge on any atom is -0.347 e. The van der Waals surface area contributed by atoms with E-state index in [1.54, 1.807) is 12.1 Å². The summed E-state index contributed by atoms with van der Waals surface area (Å²) >= 11 is 1.54. The molecule has 1 fully saturated rings. The van der Waals surface area contributed by atoms with Gasteiger partial charge in [-0.2, -0.15) is 0 Å². The van der Waals surface area contributed by atoms with Gasteiger partial charge in [0.15, 0.2) is 0 Å². The van der Waals surface area contributed by atoms with Gasteiger partial charge in [0.1, 0.15) is 0 Å². The van der Waals surface area contributed by atoms with E-state index in [0.717, 1.165) is 9.18 Å². The molecule has 3 rings (SSSR count). The van der Waals surface area contributed by atoms with Crippen molar-refractivity contribution in [2.24, 2.45) is 0 Å². The van der Waals surface area contributed by atoms with Crippen molar-refractivity contribution >= 4 is 38.9 Å². The lowest BCUT2D eigenvalue weighted by Crippen LogP contribution is -2.30. The van der Waals surface area contributed by atoms with Crippen molar-refractivity contribution in [1.82, 2.24) is 5.32 Å². The van der Waals surface area contributed by atoms with Gasteiger partial charge in [0.25, 0.3) is 5.91 Å². The van der Waals surface area contributed by atoms with E-state index in [4.69, 9.17) is 0 Å². The molecule has 1 saturated heterocycles. The molecule has 0 unspecified atom stereocenters. The molecule has 6 nitrogen and oxygen atoms in total. The molecule has 1 N–H and O–H groups in total. The summed E-state index contributed by atoms with van der Waals surface area (Å²) in [6.07, 6.45) is -0.0306. The number of nitrogens with zero attached hydrogens (tertiary/aromatic N) is 1. The Kier molecular flexibility index (Phi) is 4.18. The van der Waals surface area contributed by atoms with Crippen molar-refractivity contribution in [2.75, 3.05) is 10.1 Å². The van der Waals surface area contributed by atoms with E-state index >= 15 is 0 Å². The van der Waals surface area contributed by atoms with Gasteiger partial charge >= 0.3 is 0 Å². The highest BCUT2D eigenvalue weighted by Gasteiger charge is 2.36. The first-order valence-corrected chi connectivity index (χ1v) is 9.43. The van der Waals surface area contributed by atoms with Crippen molar-refractivity contribution < 1.29 is 18.0 Å². The van der Waals surface area contributed by atoms with Crippen LogP contribution in [0, 0.1) is 0 Å². The Morgan fingerprint density at radius 2 is 2.09 bits per heavy atom. The summed E-state index contributed by atoms with van der Waals surface area (Å²) in [5, 5.41) is 4.69. The van der Waals surface area contributed by atoms with Gasteiger partial charge < -0.3 is 5.32 Å². The fourth-order valence-corrected chi connectivity index (χ4v) is 4.42. The van der Waals surface area contributed by atoms with Gasteiger partial charge in [0.05, 0.1) is 18.0 Å². The standard InChI is InChI=1S/C15H14N2O4S2/c18-14-6-8-23(20,21)17(14)12-4-1-3-11(9-12)15(19)16-10-13-5-2-7-22-13/h1-5,7,9H,6,8,10H2,(H,16,19). The zero-order valence-corrected chi connectivity index (χ0v) is 13.7. The number of amides is 2. The van der Waals surface area contributed by atoms with E-state index in [-0.39, 0.29) is 23.8 Å².